The van der Waals surface area contributed by atoms with Gasteiger partial charge in [-0.1, -0.05) is 12.1 Å². The van der Waals surface area contributed by atoms with Gasteiger partial charge in [-0.15, -0.1) is 0 Å². The van der Waals surface area contributed by atoms with Crippen molar-refractivity contribution < 1.29 is 9.15 Å². The van der Waals surface area contributed by atoms with E-state index < -0.39 is 0 Å². The van der Waals surface area contributed by atoms with Crippen LogP contribution in [0.1, 0.15) is 6.92 Å². The van der Waals surface area contributed by atoms with Crippen molar-refractivity contribution in [2.45, 2.75) is 6.92 Å². The van der Waals surface area contributed by atoms with Gasteiger partial charge in [0.05, 0.1) is 12.0 Å². The van der Waals surface area contributed by atoms with E-state index in [0.29, 0.717) is 29.1 Å². The maximum absolute atomic E-state index is 12.2. The number of rotatable bonds is 3. The first-order valence-corrected chi connectivity index (χ1v) is 7.72. The van der Waals surface area contributed by atoms with Gasteiger partial charge in [-0.25, -0.2) is 0 Å². The second-order valence-corrected chi connectivity index (χ2v) is 5.82. The van der Waals surface area contributed by atoms with Crippen LogP contribution in [0.4, 0.5) is 0 Å². The number of benzene rings is 2. The third-order valence-corrected chi connectivity index (χ3v) is 3.86. The molecule has 0 bridgehead atoms. The molecular weight excluding hydrogens is 379 g/mol. The molecule has 0 unspecified atom stereocenters. The highest BCUT2D eigenvalue weighted by atomic mass is 127. The summed E-state index contributed by atoms with van der Waals surface area (Å²) in [5.74, 6) is 1.27. The highest BCUT2D eigenvalue weighted by Crippen LogP contribution is 2.25. The summed E-state index contributed by atoms with van der Waals surface area (Å²) < 4.78 is 12.5. The lowest BCUT2D eigenvalue weighted by molar-refractivity contribution is 0.340. The second-order valence-electron chi connectivity index (χ2n) is 4.57. The van der Waals surface area contributed by atoms with Crippen LogP contribution < -0.4 is 10.2 Å². The van der Waals surface area contributed by atoms with Gasteiger partial charge in [0.25, 0.3) is 0 Å². The Hall–Kier alpha value is -1.82. The summed E-state index contributed by atoms with van der Waals surface area (Å²) in [5.41, 5.74) is 1.38. The average Bonchev–Trinajstić information content (AvgIpc) is 2.48. The summed E-state index contributed by atoms with van der Waals surface area (Å²) >= 11 is 2.24. The molecule has 0 atom stereocenters. The average molecular weight is 392 g/mol. The fourth-order valence-electron chi connectivity index (χ4n) is 2.15. The minimum absolute atomic E-state index is 0.0483. The van der Waals surface area contributed by atoms with Crippen LogP contribution in [-0.2, 0) is 0 Å². The SMILES string of the molecule is CCOc1ccc2c(=O)cc(-c3ccc(I)cc3)oc2c1. The minimum atomic E-state index is -0.0483. The van der Waals surface area contributed by atoms with Gasteiger partial charge in [-0.3, -0.25) is 4.79 Å². The lowest BCUT2D eigenvalue weighted by atomic mass is 10.1. The van der Waals surface area contributed by atoms with Crippen LogP contribution in [0.25, 0.3) is 22.3 Å². The van der Waals surface area contributed by atoms with Crippen molar-refractivity contribution >= 4 is 33.6 Å². The summed E-state index contributed by atoms with van der Waals surface area (Å²) in [6, 6.07) is 14.7. The maximum Gasteiger partial charge on any atom is 0.193 e. The standard InChI is InChI=1S/C17H13IO3/c1-2-20-13-7-8-14-15(19)10-16(21-17(14)9-13)11-3-5-12(18)6-4-11/h3-10H,2H2,1H3. The van der Waals surface area contributed by atoms with Gasteiger partial charge in [0.15, 0.2) is 5.43 Å². The Morgan fingerprint density at radius 2 is 1.86 bits per heavy atom. The van der Waals surface area contributed by atoms with Gasteiger partial charge >= 0.3 is 0 Å². The van der Waals surface area contributed by atoms with Gasteiger partial charge in [-0.05, 0) is 53.8 Å². The van der Waals surface area contributed by atoms with Crippen molar-refractivity contribution in [1.82, 2.24) is 0 Å². The van der Waals surface area contributed by atoms with E-state index in [1.165, 1.54) is 6.07 Å². The molecule has 106 valence electrons. The van der Waals surface area contributed by atoms with E-state index in [9.17, 15) is 4.79 Å². The van der Waals surface area contributed by atoms with Crippen molar-refractivity contribution in [1.29, 1.82) is 0 Å². The molecule has 4 heteroatoms. The third-order valence-electron chi connectivity index (χ3n) is 3.14. The second kappa shape index (κ2) is 5.89. The lowest BCUT2D eigenvalue weighted by Gasteiger charge is -2.06. The van der Waals surface area contributed by atoms with Gasteiger partial charge in [0, 0.05) is 21.3 Å². The molecule has 3 rings (SSSR count). The quantitative estimate of drug-likeness (QED) is 0.618. The summed E-state index contributed by atoms with van der Waals surface area (Å²) in [6.45, 7) is 2.49. The Balaban J connectivity index is 2.16. The van der Waals surface area contributed by atoms with E-state index in [1.54, 1.807) is 18.2 Å². The van der Waals surface area contributed by atoms with E-state index in [0.717, 1.165) is 9.13 Å². The monoisotopic (exact) mass is 392 g/mol. The molecule has 0 aliphatic carbocycles. The molecular formula is C17H13IO3. The summed E-state index contributed by atoms with van der Waals surface area (Å²) in [6.07, 6.45) is 0. The molecule has 2 aromatic carbocycles. The van der Waals surface area contributed by atoms with E-state index >= 15 is 0 Å². The van der Waals surface area contributed by atoms with Gasteiger partial charge < -0.3 is 9.15 Å². The molecule has 1 aromatic heterocycles. The first-order chi connectivity index (χ1) is 10.2. The Morgan fingerprint density at radius 1 is 1.10 bits per heavy atom. The van der Waals surface area contributed by atoms with E-state index in [-0.39, 0.29) is 5.43 Å². The highest BCUT2D eigenvalue weighted by molar-refractivity contribution is 14.1. The number of hydrogen-bond donors (Lipinski definition) is 0. The fourth-order valence-corrected chi connectivity index (χ4v) is 2.51. The summed E-state index contributed by atoms with van der Waals surface area (Å²) in [7, 11) is 0. The van der Waals surface area contributed by atoms with E-state index in [2.05, 4.69) is 22.6 Å². The van der Waals surface area contributed by atoms with Crippen LogP contribution in [0, 0.1) is 3.57 Å². The summed E-state index contributed by atoms with van der Waals surface area (Å²) in [5, 5.41) is 0.563. The molecule has 3 nitrogen and oxygen atoms in total. The van der Waals surface area contributed by atoms with E-state index in [1.807, 2.05) is 31.2 Å². The molecule has 0 aliphatic heterocycles. The zero-order valence-electron chi connectivity index (χ0n) is 11.4. The Bertz CT molecular complexity index is 835. The number of fused-ring (bicyclic) bond motifs is 1. The van der Waals surface area contributed by atoms with Gasteiger partial charge in [0.2, 0.25) is 0 Å². The van der Waals surface area contributed by atoms with Crippen molar-refractivity contribution in [3.63, 3.8) is 0 Å². The molecule has 0 radical (unpaired) electrons. The highest BCUT2D eigenvalue weighted by Gasteiger charge is 2.08. The van der Waals surface area contributed by atoms with Crippen LogP contribution in [0.15, 0.2) is 57.7 Å². The molecule has 21 heavy (non-hydrogen) atoms. The Labute approximate surface area is 135 Å². The predicted octanol–water partition coefficient (Wildman–Crippen LogP) is 4.46. The molecule has 1 heterocycles. The zero-order chi connectivity index (χ0) is 14.8. The van der Waals surface area contributed by atoms with Crippen molar-refractivity contribution in [3.05, 3.63) is 62.3 Å². The molecule has 0 saturated carbocycles. The minimum Gasteiger partial charge on any atom is -0.494 e. The van der Waals surface area contributed by atoms with Crippen LogP contribution in [0.5, 0.6) is 5.75 Å². The maximum atomic E-state index is 12.2. The topological polar surface area (TPSA) is 39.4 Å². The Kier molecular flexibility index (Phi) is 3.96. The number of ether oxygens (including phenoxy) is 1. The van der Waals surface area contributed by atoms with Gasteiger partial charge in [0.1, 0.15) is 17.1 Å². The molecule has 0 saturated heterocycles. The Morgan fingerprint density at radius 3 is 2.57 bits per heavy atom. The van der Waals surface area contributed by atoms with E-state index in [4.69, 9.17) is 9.15 Å². The molecule has 3 aromatic rings. The molecule has 0 N–H and O–H groups in total. The largest absolute Gasteiger partial charge is 0.494 e. The summed E-state index contributed by atoms with van der Waals surface area (Å²) in [4.78, 5) is 12.2. The van der Waals surface area contributed by atoms with Gasteiger partial charge in [-0.2, -0.15) is 0 Å². The zero-order valence-corrected chi connectivity index (χ0v) is 13.6. The molecule has 0 amide bonds. The molecule has 0 aliphatic rings. The lowest BCUT2D eigenvalue weighted by Crippen LogP contribution is -2.01. The normalized spacial score (nSPS) is 10.8. The number of hydrogen-bond acceptors (Lipinski definition) is 3. The van der Waals surface area contributed by atoms with Crippen LogP contribution >= 0.6 is 22.6 Å². The molecule has 0 spiro atoms. The third kappa shape index (κ3) is 2.95. The first-order valence-electron chi connectivity index (χ1n) is 6.64. The van der Waals surface area contributed by atoms with Crippen LogP contribution in [0.2, 0.25) is 0 Å². The van der Waals surface area contributed by atoms with Crippen molar-refractivity contribution in [3.8, 4) is 17.1 Å². The molecule has 0 fully saturated rings. The smallest absolute Gasteiger partial charge is 0.193 e. The first kappa shape index (κ1) is 14.1. The van der Waals surface area contributed by atoms with Crippen molar-refractivity contribution in [2.24, 2.45) is 0 Å². The van der Waals surface area contributed by atoms with Crippen molar-refractivity contribution in [2.75, 3.05) is 6.61 Å². The van der Waals surface area contributed by atoms with Crippen LogP contribution in [-0.4, -0.2) is 6.61 Å². The van der Waals surface area contributed by atoms with Crippen LogP contribution in [0.3, 0.4) is 0 Å². The number of halogens is 1. The fraction of sp³-hybridized carbons (Fsp3) is 0.118. The predicted molar refractivity (Wildman–Crippen MR) is 91.8 cm³/mol.